The molecule has 0 bridgehead atoms. The Bertz CT molecular complexity index is 595. The third-order valence-electron chi connectivity index (χ3n) is 5.36. The highest BCUT2D eigenvalue weighted by Gasteiger charge is 2.25. The van der Waals surface area contributed by atoms with E-state index in [2.05, 4.69) is 52.5 Å². The van der Waals surface area contributed by atoms with Crippen molar-refractivity contribution >= 4 is 11.9 Å². The molecule has 5 nitrogen and oxygen atoms in total. The average molecular weight is 357 g/mol. The first kappa shape index (κ1) is 18.7. The molecule has 0 radical (unpaired) electrons. The number of hydrogen-bond donors (Lipinski definition) is 1. The van der Waals surface area contributed by atoms with E-state index in [1.807, 2.05) is 4.90 Å². The zero-order valence-corrected chi connectivity index (χ0v) is 16.0. The molecule has 2 saturated heterocycles. The van der Waals surface area contributed by atoms with Crippen molar-refractivity contribution in [3.63, 3.8) is 0 Å². The number of nitrogens with one attached hydrogen (secondary N) is 1. The molecule has 1 aromatic rings. The molecule has 2 heterocycles. The third kappa shape index (κ3) is 5.23. The van der Waals surface area contributed by atoms with E-state index in [1.165, 1.54) is 18.4 Å². The maximum Gasteiger partial charge on any atom is 0.244 e. The second-order valence-corrected chi connectivity index (χ2v) is 7.40. The second kappa shape index (κ2) is 9.60. The molecular weight excluding hydrogens is 324 g/mol. The SMILES string of the molecule is CCNC(=NCC(=O)N1CCCCC1)N1CCC(Cc2ccccc2)C1. The minimum atomic E-state index is 0.167. The van der Waals surface area contributed by atoms with E-state index < -0.39 is 0 Å². The fourth-order valence-corrected chi connectivity index (χ4v) is 3.95. The van der Waals surface area contributed by atoms with Gasteiger partial charge in [0.2, 0.25) is 5.91 Å². The molecule has 142 valence electrons. The summed E-state index contributed by atoms with van der Waals surface area (Å²) in [6.07, 6.45) is 5.79. The molecule has 1 aromatic carbocycles. The first-order valence-corrected chi connectivity index (χ1v) is 10.1. The van der Waals surface area contributed by atoms with Crippen molar-refractivity contribution in [3.05, 3.63) is 35.9 Å². The summed E-state index contributed by atoms with van der Waals surface area (Å²) in [4.78, 5) is 21.3. The van der Waals surface area contributed by atoms with Crippen molar-refractivity contribution in [3.8, 4) is 0 Å². The van der Waals surface area contributed by atoms with Crippen LogP contribution in [0.3, 0.4) is 0 Å². The van der Waals surface area contributed by atoms with E-state index in [1.54, 1.807) is 0 Å². The molecule has 2 aliphatic rings. The third-order valence-corrected chi connectivity index (χ3v) is 5.36. The van der Waals surface area contributed by atoms with Crippen LogP contribution in [0.25, 0.3) is 0 Å². The predicted molar refractivity (Wildman–Crippen MR) is 106 cm³/mol. The monoisotopic (exact) mass is 356 g/mol. The van der Waals surface area contributed by atoms with Gasteiger partial charge in [-0.25, -0.2) is 4.99 Å². The van der Waals surface area contributed by atoms with Crippen LogP contribution in [0.15, 0.2) is 35.3 Å². The summed E-state index contributed by atoms with van der Waals surface area (Å²) in [6, 6.07) is 10.7. The van der Waals surface area contributed by atoms with Crippen molar-refractivity contribution in [1.29, 1.82) is 0 Å². The minimum absolute atomic E-state index is 0.167. The Morgan fingerprint density at radius 2 is 1.88 bits per heavy atom. The lowest BCUT2D eigenvalue weighted by molar-refractivity contribution is -0.130. The molecule has 26 heavy (non-hydrogen) atoms. The van der Waals surface area contributed by atoms with Crippen LogP contribution in [-0.4, -0.2) is 60.9 Å². The number of guanidine groups is 1. The van der Waals surface area contributed by atoms with E-state index in [-0.39, 0.29) is 12.5 Å². The summed E-state index contributed by atoms with van der Waals surface area (Å²) in [6.45, 7) is 7.00. The minimum Gasteiger partial charge on any atom is -0.357 e. The highest BCUT2D eigenvalue weighted by molar-refractivity contribution is 5.85. The zero-order chi connectivity index (χ0) is 18.2. The van der Waals surface area contributed by atoms with Crippen LogP contribution in [-0.2, 0) is 11.2 Å². The Morgan fingerprint density at radius 1 is 1.12 bits per heavy atom. The van der Waals surface area contributed by atoms with Crippen molar-refractivity contribution in [2.45, 2.75) is 39.0 Å². The summed E-state index contributed by atoms with van der Waals surface area (Å²) in [5.41, 5.74) is 1.40. The van der Waals surface area contributed by atoms with Crippen LogP contribution in [0.5, 0.6) is 0 Å². The number of benzene rings is 1. The van der Waals surface area contributed by atoms with Gasteiger partial charge in [-0.2, -0.15) is 0 Å². The van der Waals surface area contributed by atoms with Gasteiger partial charge in [-0.15, -0.1) is 0 Å². The number of aliphatic imine (C=N–C) groups is 1. The highest BCUT2D eigenvalue weighted by atomic mass is 16.2. The molecule has 5 heteroatoms. The highest BCUT2D eigenvalue weighted by Crippen LogP contribution is 2.21. The van der Waals surface area contributed by atoms with E-state index in [9.17, 15) is 4.79 Å². The van der Waals surface area contributed by atoms with E-state index in [4.69, 9.17) is 0 Å². The molecule has 0 saturated carbocycles. The number of carbonyl (C=O) groups is 1. The van der Waals surface area contributed by atoms with Crippen LogP contribution in [0.4, 0.5) is 0 Å². The van der Waals surface area contributed by atoms with Crippen molar-refractivity contribution in [2.75, 3.05) is 39.3 Å². The fraction of sp³-hybridized carbons (Fsp3) is 0.619. The van der Waals surface area contributed by atoms with Crippen LogP contribution in [0, 0.1) is 5.92 Å². The van der Waals surface area contributed by atoms with Gasteiger partial charge in [-0.05, 0) is 50.5 Å². The molecule has 1 N–H and O–H groups in total. The van der Waals surface area contributed by atoms with Crippen LogP contribution >= 0.6 is 0 Å². The van der Waals surface area contributed by atoms with Gasteiger partial charge in [0.15, 0.2) is 5.96 Å². The lowest BCUT2D eigenvalue weighted by Crippen LogP contribution is -2.42. The van der Waals surface area contributed by atoms with E-state index in [0.29, 0.717) is 5.92 Å². The number of piperidine rings is 1. The standard InChI is InChI=1S/C21H32N4O/c1-2-22-21(23-16-20(26)24-12-7-4-8-13-24)25-14-11-19(17-25)15-18-9-5-3-6-10-18/h3,5-6,9-10,19H,2,4,7-8,11-17H2,1H3,(H,22,23). The molecule has 2 aliphatic heterocycles. The summed E-state index contributed by atoms with van der Waals surface area (Å²) in [5, 5.41) is 3.37. The summed E-state index contributed by atoms with van der Waals surface area (Å²) < 4.78 is 0. The smallest absolute Gasteiger partial charge is 0.244 e. The summed E-state index contributed by atoms with van der Waals surface area (Å²) >= 11 is 0. The largest absolute Gasteiger partial charge is 0.357 e. The Morgan fingerprint density at radius 3 is 2.62 bits per heavy atom. The fourth-order valence-electron chi connectivity index (χ4n) is 3.95. The number of amides is 1. The Hall–Kier alpha value is -2.04. The van der Waals surface area contributed by atoms with Crippen molar-refractivity contribution in [1.82, 2.24) is 15.1 Å². The average Bonchev–Trinajstić information content (AvgIpc) is 3.14. The van der Waals surface area contributed by atoms with Gasteiger partial charge in [0, 0.05) is 32.7 Å². The van der Waals surface area contributed by atoms with Crippen molar-refractivity contribution < 1.29 is 4.79 Å². The first-order valence-electron chi connectivity index (χ1n) is 10.1. The lowest BCUT2D eigenvalue weighted by Gasteiger charge is -2.26. The maximum absolute atomic E-state index is 12.4. The predicted octanol–water partition coefficient (Wildman–Crippen LogP) is 2.53. The number of likely N-dealkylation sites (tertiary alicyclic amines) is 2. The van der Waals surface area contributed by atoms with Crippen LogP contribution in [0.1, 0.15) is 38.2 Å². The van der Waals surface area contributed by atoms with Gasteiger partial charge in [0.05, 0.1) is 0 Å². The number of nitrogens with zero attached hydrogens (tertiary/aromatic N) is 3. The molecule has 1 amide bonds. The number of rotatable bonds is 5. The van der Waals surface area contributed by atoms with E-state index in [0.717, 1.165) is 57.9 Å². The maximum atomic E-state index is 12.4. The van der Waals surface area contributed by atoms with Crippen LogP contribution < -0.4 is 5.32 Å². The lowest BCUT2D eigenvalue weighted by atomic mass is 9.99. The topological polar surface area (TPSA) is 47.9 Å². The Kier molecular flexibility index (Phi) is 6.92. The van der Waals surface area contributed by atoms with Gasteiger partial charge in [0.1, 0.15) is 6.54 Å². The van der Waals surface area contributed by atoms with Crippen molar-refractivity contribution in [2.24, 2.45) is 10.9 Å². The molecule has 1 atom stereocenters. The van der Waals surface area contributed by atoms with Gasteiger partial charge >= 0.3 is 0 Å². The normalized spacial score (nSPS) is 21.1. The molecule has 1 unspecified atom stereocenters. The molecular formula is C21H32N4O. The molecule has 3 rings (SSSR count). The molecule has 0 spiro atoms. The van der Waals surface area contributed by atoms with Gasteiger partial charge in [-0.1, -0.05) is 30.3 Å². The summed E-state index contributed by atoms with van der Waals surface area (Å²) in [5.74, 6) is 1.72. The molecule has 2 fully saturated rings. The first-order chi connectivity index (χ1) is 12.8. The number of carbonyl (C=O) groups excluding carboxylic acids is 1. The Labute approximate surface area is 157 Å². The Balaban J connectivity index is 1.54. The number of hydrogen-bond acceptors (Lipinski definition) is 2. The molecule has 0 aliphatic carbocycles. The zero-order valence-electron chi connectivity index (χ0n) is 16.0. The van der Waals surface area contributed by atoms with Gasteiger partial charge in [-0.3, -0.25) is 4.79 Å². The molecule has 0 aromatic heterocycles. The van der Waals surface area contributed by atoms with Gasteiger partial charge in [0.25, 0.3) is 0 Å². The van der Waals surface area contributed by atoms with Gasteiger partial charge < -0.3 is 15.1 Å². The van der Waals surface area contributed by atoms with E-state index >= 15 is 0 Å². The second-order valence-electron chi connectivity index (χ2n) is 7.40. The summed E-state index contributed by atoms with van der Waals surface area (Å²) in [7, 11) is 0. The quantitative estimate of drug-likeness (QED) is 0.651. The van der Waals surface area contributed by atoms with Crippen LogP contribution in [0.2, 0.25) is 0 Å².